The van der Waals surface area contributed by atoms with Crippen LogP contribution in [0.5, 0.6) is 0 Å². The second kappa shape index (κ2) is 6.43. The SMILES string of the molecule is Fc1ccc(-c2cccc(P=S)c2-c2ccccc2F)cc1. The molecular formula is C18H11F2PS. The molecule has 0 amide bonds. The molecule has 0 aromatic heterocycles. The van der Waals surface area contributed by atoms with Gasteiger partial charge in [-0.1, -0.05) is 54.3 Å². The number of hydrogen-bond acceptors (Lipinski definition) is 1. The van der Waals surface area contributed by atoms with Gasteiger partial charge < -0.3 is 0 Å². The van der Waals surface area contributed by atoms with Gasteiger partial charge in [-0.25, -0.2) is 8.78 Å². The molecule has 0 bridgehead atoms. The Morgan fingerprint density at radius 3 is 2.09 bits per heavy atom. The van der Waals surface area contributed by atoms with Crippen molar-refractivity contribution in [2.75, 3.05) is 0 Å². The van der Waals surface area contributed by atoms with E-state index in [0.717, 1.165) is 22.0 Å². The Balaban J connectivity index is 2.30. The van der Waals surface area contributed by atoms with Crippen molar-refractivity contribution in [3.63, 3.8) is 0 Å². The molecule has 3 aromatic rings. The summed E-state index contributed by atoms with van der Waals surface area (Å²) in [6, 6.07) is 18.5. The summed E-state index contributed by atoms with van der Waals surface area (Å²) in [4.78, 5) is 0. The summed E-state index contributed by atoms with van der Waals surface area (Å²) in [6.07, 6.45) is 0. The smallest absolute Gasteiger partial charge is 0.131 e. The van der Waals surface area contributed by atoms with Gasteiger partial charge in [0.2, 0.25) is 0 Å². The lowest BCUT2D eigenvalue weighted by Crippen LogP contribution is -2.02. The van der Waals surface area contributed by atoms with Crippen LogP contribution < -0.4 is 5.30 Å². The maximum Gasteiger partial charge on any atom is 0.131 e. The number of hydrogen-bond donors (Lipinski definition) is 0. The van der Waals surface area contributed by atoms with Gasteiger partial charge in [0.25, 0.3) is 0 Å². The van der Waals surface area contributed by atoms with Crippen molar-refractivity contribution in [1.82, 2.24) is 0 Å². The molecule has 3 rings (SSSR count). The lowest BCUT2D eigenvalue weighted by molar-refractivity contribution is 0.628. The summed E-state index contributed by atoms with van der Waals surface area (Å²) in [5.74, 6) is -0.592. The van der Waals surface area contributed by atoms with Crippen molar-refractivity contribution < 1.29 is 8.78 Å². The van der Waals surface area contributed by atoms with E-state index in [1.165, 1.54) is 18.2 Å². The van der Waals surface area contributed by atoms with E-state index >= 15 is 0 Å². The fourth-order valence-corrected chi connectivity index (χ4v) is 3.37. The van der Waals surface area contributed by atoms with Crippen molar-refractivity contribution in [3.05, 3.63) is 78.4 Å². The van der Waals surface area contributed by atoms with Gasteiger partial charge in [-0.15, -0.1) is 0 Å². The zero-order valence-corrected chi connectivity index (χ0v) is 13.2. The molecule has 0 spiro atoms. The van der Waals surface area contributed by atoms with Crippen LogP contribution in [0.2, 0.25) is 0 Å². The first kappa shape index (κ1) is 15.0. The van der Waals surface area contributed by atoms with Crippen molar-refractivity contribution >= 4 is 24.5 Å². The van der Waals surface area contributed by atoms with Crippen LogP contribution >= 0.6 is 7.36 Å². The second-order valence-corrected chi connectivity index (χ2v) is 5.99. The number of rotatable bonds is 3. The summed E-state index contributed by atoms with van der Waals surface area (Å²) in [5, 5.41) is 0.863. The Labute approximate surface area is 134 Å². The Bertz CT molecular complexity index is 829. The molecule has 0 aliphatic carbocycles. The summed E-state index contributed by atoms with van der Waals surface area (Å²) in [5.41, 5.74) is 2.96. The second-order valence-electron chi connectivity index (χ2n) is 4.78. The van der Waals surface area contributed by atoms with Crippen LogP contribution in [0.25, 0.3) is 22.3 Å². The quantitative estimate of drug-likeness (QED) is 0.585. The van der Waals surface area contributed by atoms with E-state index in [2.05, 4.69) is 0 Å². The minimum atomic E-state index is -0.297. The van der Waals surface area contributed by atoms with E-state index in [0.29, 0.717) is 12.9 Å². The van der Waals surface area contributed by atoms with Gasteiger partial charge in [-0.3, -0.25) is 0 Å². The highest BCUT2D eigenvalue weighted by Crippen LogP contribution is 2.33. The number of halogens is 2. The highest BCUT2D eigenvalue weighted by molar-refractivity contribution is 7.99. The van der Waals surface area contributed by atoms with Gasteiger partial charge in [-0.05, 0) is 35.4 Å². The molecule has 0 aliphatic rings. The van der Waals surface area contributed by atoms with Gasteiger partial charge in [0.05, 0.1) is 0 Å². The Hall–Kier alpha value is -1.96. The highest BCUT2D eigenvalue weighted by atomic mass is 32.4. The topological polar surface area (TPSA) is 0 Å². The molecule has 4 heteroatoms. The zero-order chi connectivity index (χ0) is 15.5. The Kier molecular flexibility index (Phi) is 4.37. The van der Waals surface area contributed by atoms with Gasteiger partial charge >= 0.3 is 0 Å². The molecule has 0 heterocycles. The first-order valence-corrected chi connectivity index (χ1v) is 8.58. The predicted molar refractivity (Wildman–Crippen MR) is 91.1 cm³/mol. The third-order valence-corrected chi connectivity index (χ3v) is 4.60. The van der Waals surface area contributed by atoms with E-state index in [1.54, 1.807) is 30.3 Å². The molecule has 0 saturated carbocycles. The fourth-order valence-electron chi connectivity index (χ4n) is 2.43. The fraction of sp³-hybridized carbons (Fsp3) is 0. The van der Waals surface area contributed by atoms with Crippen LogP contribution in [0, 0.1) is 11.6 Å². The molecule has 0 aliphatic heterocycles. The largest absolute Gasteiger partial charge is 0.207 e. The van der Waals surface area contributed by atoms with Crippen LogP contribution in [0.15, 0.2) is 66.7 Å². The van der Waals surface area contributed by atoms with E-state index in [4.69, 9.17) is 11.8 Å². The molecule has 3 aromatic carbocycles. The molecule has 0 atom stereocenters. The number of benzene rings is 3. The maximum absolute atomic E-state index is 14.3. The van der Waals surface area contributed by atoms with Crippen molar-refractivity contribution in [3.8, 4) is 22.3 Å². The van der Waals surface area contributed by atoms with Crippen molar-refractivity contribution in [2.45, 2.75) is 0 Å². The predicted octanol–water partition coefficient (Wildman–Crippen LogP) is 5.33. The lowest BCUT2D eigenvalue weighted by Gasteiger charge is -2.13. The standard InChI is InChI=1S/C18H11F2PS/c19-13-10-8-12(9-11-13)14-5-3-7-17(21-22)18(14)15-4-1-2-6-16(15)20/h1-11H. The van der Waals surface area contributed by atoms with E-state index in [9.17, 15) is 8.78 Å². The summed E-state index contributed by atoms with van der Waals surface area (Å²) in [7, 11) is 0.643. The van der Waals surface area contributed by atoms with E-state index < -0.39 is 0 Å². The minimum absolute atomic E-state index is 0.294. The van der Waals surface area contributed by atoms with E-state index in [1.807, 2.05) is 18.2 Å². The van der Waals surface area contributed by atoms with Gasteiger partial charge in [-0.2, -0.15) is 0 Å². The minimum Gasteiger partial charge on any atom is -0.207 e. The molecular weight excluding hydrogens is 317 g/mol. The third-order valence-electron chi connectivity index (χ3n) is 3.44. The van der Waals surface area contributed by atoms with E-state index in [-0.39, 0.29) is 11.6 Å². The van der Waals surface area contributed by atoms with Crippen molar-refractivity contribution in [1.29, 1.82) is 0 Å². The molecule has 0 unspecified atom stereocenters. The average molecular weight is 328 g/mol. The normalized spacial score (nSPS) is 10.8. The first-order chi connectivity index (χ1) is 10.7. The lowest BCUT2D eigenvalue weighted by atomic mass is 9.94. The van der Waals surface area contributed by atoms with Crippen LogP contribution in [-0.4, -0.2) is 0 Å². The summed E-state index contributed by atoms with van der Waals surface area (Å²) >= 11 is 5.17. The molecule has 0 saturated heterocycles. The zero-order valence-electron chi connectivity index (χ0n) is 11.5. The molecule has 108 valence electrons. The van der Waals surface area contributed by atoms with Crippen LogP contribution in [0.1, 0.15) is 0 Å². The Morgan fingerprint density at radius 1 is 0.727 bits per heavy atom. The van der Waals surface area contributed by atoms with Crippen LogP contribution in [0.3, 0.4) is 0 Å². The monoisotopic (exact) mass is 328 g/mol. The summed E-state index contributed by atoms with van der Waals surface area (Å²) in [6.45, 7) is 0. The molecule has 0 N–H and O–H groups in total. The van der Waals surface area contributed by atoms with Gasteiger partial charge in [0, 0.05) is 23.8 Å². The van der Waals surface area contributed by atoms with Crippen LogP contribution in [0.4, 0.5) is 8.78 Å². The third kappa shape index (κ3) is 2.83. The highest BCUT2D eigenvalue weighted by Gasteiger charge is 2.14. The molecule has 0 radical (unpaired) electrons. The first-order valence-electron chi connectivity index (χ1n) is 6.68. The molecule has 22 heavy (non-hydrogen) atoms. The van der Waals surface area contributed by atoms with Crippen molar-refractivity contribution in [2.24, 2.45) is 0 Å². The average Bonchev–Trinajstić information content (AvgIpc) is 2.55. The van der Waals surface area contributed by atoms with Crippen LogP contribution in [-0.2, 0) is 11.8 Å². The summed E-state index contributed by atoms with van der Waals surface area (Å²) < 4.78 is 27.4. The maximum atomic E-state index is 14.3. The van der Waals surface area contributed by atoms with Gasteiger partial charge in [0.15, 0.2) is 0 Å². The Morgan fingerprint density at radius 2 is 1.41 bits per heavy atom. The molecule has 0 nitrogen and oxygen atoms in total. The molecule has 0 fully saturated rings. The van der Waals surface area contributed by atoms with Gasteiger partial charge in [0.1, 0.15) is 11.6 Å².